The van der Waals surface area contributed by atoms with Gasteiger partial charge in [-0.2, -0.15) is 0 Å². The van der Waals surface area contributed by atoms with Crippen molar-refractivity contribution in [3.8, 4) is 44.7 Å². The smallest absolute Gasteiger partial charge is 0.146 e. The Kier molecular flexibility index (Phi) is 5.91. The molecule has 0 unspecified atom stereocenters. The summed E-state index contributed by atoms with van der Waals surface area (Å²) < 4.78 is 12.8. The first kappa shape index (κ1) is 26.8. The van der Waals surface area contributed by atoms with Crippen molar-refractivity contribution in [2.45, 2.75) is 0 Å². The zero-order chi connectivity index (χ0) is 31.6. The maximum Gasteiger partial charge on any atom is 0.146 e. The molecule has 0 saturated heterocycles. The van der Waals surface area contributed by atoms with Crippen LogP contribution in [0.1, 0.15) is 0 Å². The minimum absolute atomic E-state index is 0.823. The maximum absolute atomic E-state index is 6.55. The summed E-state index contributed by atoms with van der Waals surface area (Å²) in [5, 5.41) is 8.23. The minimum atomic E-state index is 0.823. The largest absolute Gasteiger partial charge is 0.456 e. The van der Waals surface area contributed by atoms with E-state index in [1.165, 1.54) is 43.8 Å². The fraction of sp³-hybridized carbons (Fsp3) is 0. The van der Waals surface area contributed by atoms with Crippen LogP contribution in [0.15, 0.2) is 179 Å². The molecular formula is C46H28O2. The standard InChI is InChI=1S/C46H28O2/c1-3-12-30(13-4-1)42-28-39-40(47-42)27-26-38-45-33(20-11-21-41(45)48-46(38)39)29-22-24-32(25-23-29)44-36-18-9-7-16-34(36)43(31-14-5-2-6-15-31)35-17-8-10-19-37(35)44/h1-28H. The van der Waals surface area contributed by atoms with E-state index in [1.807, 2.05) is 18.2 Å². The number of rotatable bonds is 4. The minimum Gasteiger partial charge on any atom is -0.456 e. The van der Waals surface area contributed by atoms with E-state index < -0.39 is 0 Å². The van der Waals surface area contributed by atoms with Gasteiger partial charge in [0.15, 0.2) is 0 Å². The van der Waals surface area contributed by atoms with Crippen molar-refractivity contribution in [1.82, 2.24) is 0 Å². The van der Waals surface area contributed by atoms with E-state index >= 15 is 0 Å². The molecule has 0 bridgehead atoms. The highest BCUT2D eigenvalue weighted by atomic mass is 16.3. The second-order valence-electron chi connectivity index (χ2n) is 12.4. The lowest BCUT2D eigenvalue weighted by atomic mass is 9.85. The van der Waals surface area contributed by atoms with Crippen LogP contribution in [0.4, 0.5) is 0 Å². The van der Waals surface area contributed by atoms with E-state index in [2.05, 4.69) is 152 Å². The van der Waals surface area contributed by atoms with Crippen LogP contribution in [-0.4, -0.2) is 0 Å². The van der Waals surface area contributed by atoms with Gasteiger partial charge in [-0.1, -0.05) is 146 Å². The molecule has 10 rings (SSSR count). The van der Waals surface area contributed by atoms with Crippen molar-refractivity contribution in [3.05, 3.63) is 170 Å². The third-order valence-electron chi connectivity index (χ3n) is 9.70. The normalized spacial score (nSPS) is 11.8. The summed E-state index contributed by atoms with van der Waals surface area (Å²) in [5.74, 6) is 0.839. The number of fused-ring (bicyclic) bond motifs is 7. The van der Waals surface area contributed by atoms with Crippen LogP contribution in [0.25, 0.3) is 99.2 Å². The van der Waals surface area contributed by atoms with E-state index in [-0.39, 0.29) is 0 Å². The first-order chi connectivity index (χ1) is 23.8. The molecule has 48 heavy (non-hydrogen) atoms. The molecule has 0 aliphatic rings. The van der Waals surface area contributed by atoms with Crippen LogP contribution in [-0.2, 0) is 0 Å². The van der Waals surface area contributed by atoms with Crippen LogP contribution in [0, 0.1) is 0 Å². The van der Waals surface area contributed by atoms with Gasteiger partial charge in [-0.3, -0.25) is 0 Å². The fourth-order valence-corrected chi connectivity index (χ4v) is 7.55. The molecular weight excluding hydrogens is 585 g/mol. The molecule has 2 aromatic heterocycles. The van der Waals surface area contributed by atoms with E-state index in [1.54, 1.807) is 0 Å². The second kappa shape index (κ2) is 10.6. The molecule has 2 nitrogen and oxygen atoms in total. The Morgan fingerprint density at radius 2 is 0.854 bits per heavy atom. The van der Waals surface area contributed by atoms with Gasteiger partial charge in [-0.15, -0.1) is 0 Å². The Bertz CT molecular complexity index is 2750. The highest BCUT2D eigenvalue weighted by Gasteiger charge is 2.19. The summed E-state index contributed by atoms with van der Waals surface area (Å²) in [6.45, 7) is 0. The van der Waals surface area contributed by atoms with Gasteiger partial charge in [-0.05, 0) is 79.2 Å². The molecule has 10 aromatic rings. The third-order valence-corrected chi connectivity index (χ3v) is 9.70. The van der Waals surface area contributed by atoms with Crippen molar-refractivity contribution >= 4 is 54.5 Å². The predicted octanol–water partition coefficient (Wildman–Crippen LogP) is 13.3. The Labute approximate surface area is 277 Å². The summed E-state index contributed by atoms with van der Waals surface area (Å²) in [6.07, 6.45) is 0. The quantitative estimate of drug-likeness (QED) is 0.185. The van der Waals surface area contributed by atoms with Crippen molar-refractivity contribution in [3.63, 3.8) is 0 Å². The Morgan fingerprint density at radius 1 is 0.312 bits per heavy atom. The number of hydrogen-bond acceptors (Lipinski definition) is 2. The molecule has 224 valence electrons. The monoisotopic (exact) mass is 612 g/mol. The maximum atomic E-state index is 6.55. The number of benzene rings is 8. The summed E-state index contributed by atoms with van der Waals surface area (Å²) >= 11 is 0. The SMILES string of the molecule is c1ccc(-c2cc3c(ccc4c3oc3cccc(-c5ccc(-c6c7ccccc7c(-c7ccccc7)c7ccccc67)cc5)c34)o2)cc1. The molecule has 0 atom stereocenters. The first-order valence-corrected chi connectivity index (χ1v) is 16.3. The molecule has 0 spiro atoms. The average Bonchev–Trinajstić information content (AvgIpc) is 3.77. The van der Waals surface area contributed by atoms with Gasteiger partial charge >= 0.3 is 0 Å². The summed E-state index contributed by atoms with van der Waals surface area (Å²) in [7, 11) is 0. The van der Waals surface area contributed by atoms with Gasteiger partial charge < -0.3 is 8.83 Å². The average molecular weight is 613 g/mol. The van der Waals surface area contributed by atoms with Crippen LogP contribution in [0.5, 0.6) is 0 Å². The topological polar surface area (TPSA) is 26.3 Å². The zero-order valence-electron chi connectivity index (χ0n) is 26.0. The molecule has 2 heteroatoms. The predicted molar refractivity (Wildman–Crippen MR) is 200 cm³/mol. The Balaban J connectivity index is 1.14. The highest BCUT2D eigenvalue weighted by molar-refractivity contribution is 6.22. The van der Waals surface area contributed by atoms with E-state index in [0.29, 0.717) is 0 Å². The van der Waals surface area contributed by atoms with Crippen molar-refractivity contribution < 1.29 is 8.83 Å². The molecule has 8 aromatic carbocycles. The van der Waals surface area contributed by atoms with Gasteiger partial charge in [0, 0.05) is 16.3 Å². The first-order valence-electron chi connectivity index (χ1n) is 16.3. The lowest BCUT2D eigenvalue weighted by Crippen LogP contribution is -1.90. The lowest BCUT2D eigenvalue weighted by Gasteiger charge is -2.18. The van der Waals surface area contributed by atoms with Crippen molar-refractivity contribution in [2.75, 3.05) is 0 Å². The highest BCUT2D eigenvalue weighted by Crippen LogP contribution is 2.45. The molecule has 0 aliphatic carbocycles. The van der Waals surface area contributed by atoms with Gasteiger partial charge in [-0.25, -0.2) is 0 Å². The van der Waals surface area contributed by atoms with Gasteiger partial charge in [0.05, 0.1) is 5.39 Å². The summed E-state index contributed by atoms with van der Waals surface area (Å²) in [5.41, 5.74) is 10.9. The Morgan fingerprint density at radius 3 is 1.48 bits per heavy atom. The van der Waals surface area contributed by atoms with Crippen LogP contribution >= 0.6 is 0 Å². The second-order valence-corrected chi connectivity index (χ2v) is 12.4. The number of furan rings is 2. The Hall–Kier alpha value is -6.38. The van der Waals surface area contributed by atoms with E-state index in [4.69, 9.17) is 8.83 Å². The van der Waals surface area contributed by atoms with Crippen LogP contribution in [0.3, 0.4) is 0 Å². The van der Waals surface area contributed by atoms with E-state index in [0.717, 1.165) is 55.4 Å². The lowest BCUT2D eigenvalue weighted by molar-refractivity contribution is 0.631. The molecule has 0 N–H and O–H groups in total. The molecule has 2 heterocycles. The van der Waals surface area contributed by atoms with Crippen LogP contribution in [0.2, 0.25) is 0 Å². The number of hydrogen-bond donors (Lipinski definition) is 0. The fourth-order valence-electron chi connectivity index (χ4n) is 7.55. The van der Waals surface area contributed by atoms with Crippen LogP contribution < -0.4 is 0 Å². The van der Waals surface area contributed by atoms with Crippen molar-refractivity contribution in [2.24, 2.45) is 0 Å². The molecule has 0 fully saturated rings. The van der Waals surface area contributed by atoms with E-state index in [9.17, 15) is 0 Å². The molecule has 0 amide bonds. The molecule has 0 radical (unpaired) electrons. The van der Waals surface area contributed by atoms with Gasteiger partial charge in [0.25, 0.3) is 0 Å². The molecule has 0 aliphatic heterocycles. The summed E-state index contributed by atoms with van der Waals surface area (Å²) in [4.78, 5) is 0. The van der Waals surface area contributed by atoms with Crippen molar-refractivity contribution in [1.29, 1.82) is 0 Å². The summed E-state index contributed by atoms with van der Waals surface area (Å²) in [6, 6.07) is 60.2. The molecule has 0 saturated carbocycles. The third kappa shape index (κ3) is 4.06. The van der Waals surface area contributed by atoms with Gasteiger partial charge in [0.1, 0.15) is 22.5 Å². The zero-order valence-corrected chi connectivity index (χ0v) is 26.0. The van der Waals surface area contributed by atoms with Gasteiger partial charge in [0.2, 0.25) is 0 Å².